The summed E-state index contributed by atoms with van der Waals surface area (Å²) in [6.07, 6.45) is 1.12. The van der Waals surface area contributed by atoms with Gasteiger partial charge in [-0.3, -0.25) is 0 Å². The molecule has 2 rings (SSSR count). The molecule has 94 valence electrons. The van der Waals surface area contributed by atoms with Gasteiger partial charge in [0.1, 0.15) is 5.82 Å². The van der Waals surface area contributed by atoms with Crippen molar-refractivity contribution in [3.8, 4) is 0 Å². The van der Waals surface area contributed by atoms with Crippen LogP contribution in [0, 0.1) is 17.2 Å². The molecule has 2 unspecified atom stereocenters. The van der Waals surface area contributed by atoms with E-state index in [2.05, 4.69) is 19.2 Å². The highest BCUT2D eigenvalue weighted by atomic mass is 35.5. The molecule has 0 saturated heterocycles. The highest BCUT2D eigenvalue weighted by Gasteiger charge is 2.51. The normalized spacial score (nSPS) is 23.5. The Bertz CT molecular complexity index is 396. The summed E-state index contributed by atoms with van der Waals surface area (Å²) in [5.74, 6) is 0.267. The summed E-state index contributed by atoms with van der Waals surface area (Å²) in [5.41, 5.74) is 0.921. The fraction of sp³-hybridized carbons (Fsp3) is 0.571. The maximum absolute atomic E-state index is 13.9. The van der Waals surface area contributed by atoms with E-state index in [0.29, 0.717) is 21.9 Å². The van der Waals surface area contributed by atoms with E-state index in [1.807, 2.05) is 6.92 Å². The Morgan fingerprint density at radius 2 is 2.18 bits per heavy atom. The quantitative estimate of drug-likeness (QED) is 0.851. The first kappa shape index (κ1) is 12.8. The lowest BCUT2D eigenvalue weighted by molar-refractivity contribution is 0.410. The van der Waals surface area contributed by atoms with Crippen molar-refractivity contribution in [1.29, 1.82) is 0 Å². The molecule has 1 N–H and O–H groups in total. The minimum Gasteiger partial charge on any atom is -0.310 e. The molecule has 1 saturated carbocycles. The molecule has 0 aromatic heterocycles. The van der Waals surface area contributed by atoms with Gasteiger partial charge in [0, 0.05) is 16.6 Å². The molecule has 1 nitrogen and oxygen atoms in total. The van der Waals surface area contributed by atoms with E-state index in [1.54, 1.807) is 12.1 Å². The van der Waals surface area contributed by atoms with Crippen molar-refractivity contribution in [3.05, 3.63) is 34.6 Å². The first-order chi connectivity index (χ1) is 7.97. The molecule has 0 amide bonds. The number of hydrogen-bond donors (Lipinski definition) is 1. The average Bonchev–Trinajstić information content (AvgIpc) is 2.86. The third kappa shape index (κ3) is 2.48. The van der Waals surface area contributed by atoms with Crippen molar-refractivity contribution >= 4 is 11.6 Å². The van der Waals surface area contributed by atoms with E-state index in [1.165, 1.54) is 6.07 Å². The third-order valence-corrected chi connectivity index (χ3v) is 4.06. The zero-order valence-electron chi connectivity index (χ0n) is 10.6. The molecule has 2 atom stereocenters. The van der Waals surface area contributed by atoms with Gasteiger partial charge in [0.05, 0.1) is 0 Å². The minimum atomic E-state index is -0.203. The molecule has 1 aliphatic rings. The van der Waals surface area contributed by atoms with Crippen LogP contribution in [0.5, 0.6) is 0 Å². The topological polar surface area (TPSA) is 12.0 Å². The standard InChI is InChI=1S/C14H19ClFN/c1-4-17-13(9-8-14(9,2)3)12-10(15)6-5-7-11(12)16/h5-7,9,13,17H,4,8H2,1-3H3. The zero-order chi connectivity index (χ0) is 12.6. The van der Waals surface area contributed by atoms with Gasteiger partial charge in [-0.2, -0.15) is 0 Å². The maximum Gasteiger partial charge on any atom is 0.129 e. The average molecular weight is 256 g/mol. The first-order valence-electron chi connectivity index (χ1n) is 6.14. The van der Waals surface area contributed by atoms with Gasteiger partial charge in [0.15, 0.2) is 0 Å². The Morgan fingerprint density at radius 1 is 1.53 bits per heavy atom. The molecule has 0 heterocycles. The van der Waals surface area contributed by atoms with Crippen LogP contribution in [0.3, 0.4) is 0 Å². The summed E-state index contributed by atoms with van der Waals surface area (Å²) in [7, 11) is 0. The van der Waals surface area contributed by atoms with Crippen molar-refractivity contribution in [2.45, 2.75) is 33.2 Å². The van der Waals surface area contributed by atoms with Crippen LogP contribution >= 0.6 is 11.6 Å². The monoisotopic (exact) mass is 255 g/mol. The summed E-state index contributed by atoms with van der Waals surface area (Å²) in [6.45, 7) is 7.30. The number of benzene rings is 1. The molecule has 1 aromatic rings. The lowest BCUT2D eigenvalue weighted by Crippen LogP contribution is -2.25. The van der Waals surface area contributed by atoms with Crippen LogP contribution in [0.25, 0.3) is 0 Å². The molecule has 1 fully saturated rings. The smallest absolute Gasteiger partial charge is 0.129 e. The molecule has 17 heavy (non-hydrogen) atoms. The van der Waals surface area contributed by atoms with Gasteiger partial charge < -0.3 is 5.32 Å². The fourth-order valence-electron chi connectivity index (χ4n) is 2.55. The Morgan fingerprint density at radius 3 is 2.65 bits per heavy atom. The van der Waals surface area contributed by atoms with Crippen molar-refractivity contribution < 1.29 is 4.39 Å². The van der Waals surface area contributed by atoms with Gasteiger partial charge in [-0.15, -0.1) is 0 Å². The van der Waals surface area contributed by atoms with Crippen molar-refractivity contribution in [2.75, 3.05) is 6.54 Å². The second kappa shape index (κ2) is 4.58. The van der Waals surface area contributed by atoms with Gasteiger partial charge >= 0.3 is 0 Å². The van der Waals surface area contributed by atoms with E-state index in [9.17, 15) is 4.39 Å². The molecule has 3 heteroatoms. The molecule has 0 radical (unpaired) electrons. The number of rotatable bonds is 4. The predicted octanol–water partition coefficient (Wildman–Crippen LogP) is 4.18. The van der Waals surface area contributed by atoms with E-state index >= 15 is 0 Å². The van der Waals surface area contributed by atoms with Gasteiger partial charge in [0.25, 0.3) is 0 Å². The number of nitrogens with one attached hydrogen (secondary N) is 1. The first-order valence-corrected chi connectivity index (χ1v) is 6.52. The second-order valence-corrected chi connectivity index (χ2v) is 5.88. The predicted molar refractivity (Wildman–Crippen MR) is 69.7 cm³/mol. The lowest BCUT2D eigenvalue weighted by Gasteiger charge is -2.21. The van der Waals surface area contributed by atoms with Crippen LogP contribution in [0.2, 0.25) is 5.02 Å². The van der Waals surface area contributed by atoms with Crippen LogP contribution in [0.1, 0.15) is 38.8 Å². The summed E-state index contributed by atoms with van der Waals surface area (Å²) in [6, 6.07) is 4.94. The third-order valence-electron chi connectivity index (χ3n) is 3.73. The lowest BCUT2D eigenvalue weighted by atomic mass is 9.96. The Kier molecular flexibility index (Phi) is 3.46. The Balaban J connectivity index is 2.33. The molecule has 0 spiro atoms. The fourth-order valence-corrected chi connectivity index (χ4v) is 2.83. The van der Waals surface area contributed by atoms with Crippen LogP contribution in [0.15, 0.2) is 18.2 Å². The van der Waals surface area contributed by atoms with E-state index < -0.39 is 0 Å². The van der Waals surface area contributed by atoms with Crippen molar-refractivity contribution in [2.24, 2.45) is 11.3 Å². The SMILES string of the molecule is CCNC(c1c(F)cccc1Cl)C1CC1(C)C. The molecule has 1 aromatic carbocycles. The Labute approximate surface area is 107 Å². The van der Waals surface area contributed by atoms with Crippen molar-refractivity contribution in [3.63, 3.8) is 0 Å². The summed E-state index contributed by atoms with van der Waals surface area (Å²) in [4.78, 5) is 0. The highest BCUT2D eigenvalue weighted by Crippen LogP contribution is 2.58. The molecule has 0 bridgehead atoms. The summed E-state index contributed by atoms with van der Waals surface area (Å²) in [5, 5.41) is 3.90. The summed E-state index contributed by atoms with van der Waals surface area (Å²) < 4.78 is 13.9. The van der Waals surface area contributed by atoms with Crippen LogP contribution < -0.4 is 5.32 Å². The van der Waals surface area contributed by atoms with E-state index in [4.69, 9.17) is 11.6 Å². The zero-order valence-corrected chi connectivity index (χ0v) is 11.3. The maximum atomic E-state index is 13.9. The van der Waals surface area contributed by atoms with E-state index in [-0.39, 0.29) is 11.9 Å². The Hall–Kier alpha value is -0.600. The van der Waals surface area contributed by atoms with Crippen LogP contribution in [-0.4, -0.2) is 6.54 Å². The second-order valence-electron chi connectivity index (χ2n) is 5.47. The molecule has 1 aliphatic carbocycles. The summed E-state index contributed by atoms with van der Waals surface area (Å²) >= 11 is 6.14. The van der Waals surface area contributed by atoms with Crippen LogP contribution in [-0.2, 0) is 0 Å². The van der Waals surface area contributed by atoms with Gasteiger partial charge in [-0.1, -0.05) is 38.4 Å². The van der Waals surface area contributed by atoms with Crippen LogP contribution in [0.4, 0.5) is 4.39 Å². The number of halogens is 2. The largest absolute Gasteiger partial charge is 0.310 e. The van der Waals surface area contributed by atoms with Crippen molar-refractivity contribution in [1.82, 2.24) is 5.32 Å². The number of hydrogen-bond acceptors (Lipinski definition) is 1. The van der Waals surface area contributed by atoms with Gasteiger partial charge in [0.2, 0.25) is 0 Å². The molecular weight excluding hydrogens is 237 g/mol. The molecular formula is C14H19ClFN. The molecule has 0 aliphatic heterocycles. The highest BCUT2D eigenvalue weighted by molar-refractivity contribution is 6.31. The van der Waals surface area contributed by atoms with Gasteiger partial charge in [-0.25, -0.2) is 4.39 Å². The van der Waals surface area contributed by atoms with Gasteiger partial charge in [-0.05, 0) is 36.4 Å². The minimum absolute atomic E-state index is 0.0312. The van der Waals surface area contributed by atoms with E-state index in [0.717, 1.165) is 13.0 Å².